The molecular weight excluding hydrogens is 424 g/mol. The average Bonchev–Trinajstić information content (AvgIpc) is 3.07. The van der Waals surface area contributed by atoms with Gasteiger partial charge in [-0.1, -0.05) is 37.5 Å². The third-order valence-corrected chi connectivity index (χ3v) is 7.46. The van der Waals surface area contributed by atoms with Crippen LogP contribution in [-0.2, 0) is 20.9 Å². The van der Waals surface area contributed by atoms with Crippen LogP contribution >= 0.6 is 0 Å². The van der Waals surface area contributed by atoms with Crippen molar-refractivity contribution in [1.82, 2.24) is 9.80 Å². The summed E-state index contributed by atoms with van der Waals surface area (Å²) in [5.41, 5.74) is 2.14. The van der Waals surface area contributed by atoms with E-state index in [0.717, 1.165) is 22.1 Å². The first-order valence-corrected chi connectivity index (χ1v) is 14.9. The van der Waals surface area contributed by atoms with Gasteiger partial charge in [0.2, 0.25) is 5.91 Å². The fourth-order valence-electron chi connectivity index (χ4n) is 3.83. The molecule has 1 saturated heterocycles. The van der Waals surface area contributed by atoms with Gasteiger partial charge in [0, 0.05) is 51.8 Å². The molecule has 3 amide bonds. The van der Waals surface area contributed by atoms with Gasteiger partial charge in [-0.3, -0.25) is 19.3 Å². The summed E-state index contributed by atoms with van der Waals surface area (Å²) in [6.45, 7) is 7.57. The largest absolute Gasteiger partial charge is 0.396 e. The lowest BCUT2D eigenvalue weighted by Crippen LogP contribution is -2.55. The van der Waals surface area contributed by atoms with Crippen molar-refractivity contribution in [3.8, 4) is 11.8 Å². The topological polar surface area (TPSA) is 87.2 Å². The summed E-state index contributed by atoms with van der Waals surface area (Å²) in [6, 6.07) is 5.69. The van der Waals surface area contributed by atoms with Crippen molar-refractivity contribution in [2.75, 3.05) is 19.9 Å². The van der Waals surface area contributed by atoms with Gasteiger partial charge in [0.1, 0.15) is 12.8 Å². The molecule has 1 atom stereocenters. The Morgan fingerprint density at radius 2 is 2.00 bits per heavy atom. The number of fused-ring (bicyclic) bond motifs is 1. The Morgan fingerprint density at radius 1 is 1.22 bits per heavy atom. The van der Waals surface area contributed by atoms with Crippen molar-refractivity contribution < 1.29 is 24.2 Å². The zero-order valence-corrected chi connectivity index (χ0v) is 20.1. The minimum Gasteiger partial charge on any atom is -0.396 e. The number of aliphatic hydroxyl groups excluding tert-OH is 1. The van der Waals surface area contributed by atoms with Gasteiger partial charge >= 0.3 is 0 Å². The molecule has 0 aromatic heterocycles. The van der Waals surface area contributed by atoms with Crippen LogP contribution in [-0.4, -0.2) is 66.7 Å². The molecule has 2 aliphatic rings. The van der Waals surface area contributed by atoms with E-state index in [4.69, 9.17) is 9.84 Å². The highest BCUT2D eigenvalue weighted by Crippen LogP contribution is 2.31. The van der Waals surface area contributed by atoms with Gasteiger partial charge in [-0.2, -0.15) is 0 Å². The molecule has 1 N–H and O–H groups in total. The van der Waals surface area contributed by atoms with Crippen molar-refractivity contribution in [3.63, 3.8) is 0 Å². The van der Waals surface area contributed by atoms with E-state index in [1.165, 1.54) is 0 Å². The number of rotatable bonds is 8. The average molecular weight is 457 g/mol. The molecule has 1 unspecified atom stereocenters. The van der Waals surface area contributed by atoms with E-state index < -0.39 is 14.1 Å². The number of ether oxygens (including phenoxy) is 1. The number of carbonyl (C=O) groups is 3. The number of hydrogen-bond donors (Lipinski definition) is 1. The van der Waals surface area contributed by atoms with Crippen LogP contribution in [0.2, 0.25) is 25.7 Å². The van der Waals surface area contributed by atoms with Gasteiger partial charge in [-0.25, -0.2) is 0 Å². The van der Waals surface area contributed by atoms with E-state index in [1.807, 2.05) is 6.07 Å². The van der Waals surface area contributed by atoms with Gasteiger partial charge in [-0.05, 0) is 36.6 Å². The molecule has 0 spiro atoms. The lowest BCUT2D eigenvalue weighted by molar-refractivity contribution is -0.158. The fourth-order valence-corrected chi connectivity index (χ4v) is 4.59. The van der Waals surface area contributed by atoms with Gasteiger partial charge in [0.05, 0.1) is 0 Å². The van der Waals surface area contributed by atoms with Crippen LogP contribution in [0.25, 0.3) is 0 Å². The second-order valence-electron chi connectivity index (χ2n) is 9.46. The maximum Gasteiger partial charge on any atom is 0.255 e. The zero-order chi connectivity index (χ0) is 23.3. The van der Waals surface area contributed by atoms with E-state index in [2.05, 4.69) is 31.5 Å². The highest BCUT2D eigenvalue weighted by molar-refractivity contribution is 6.76. The van der Waals surface area contributed by atoms with E-state index in [1.54, 1.807) is 17.0 Å². The maximum absolute atomic E-state index is 13.1. The summed E-state index contributed by atoms with van der Waals surface area (Å²) in [4.78, 5) is 41.3. The minimum atomic E-state index is -1.27. The minimum absolute atomic E-state index is 0.0603. The van der Waals surface area contributed by atoms with E-state index >= 15 is 0 Å². The monoisotopic (exact) mass is 456 g/mol. The molecule has 172 valence electrons. The molecule has 0 saturated carbocycles. The second-order valence-corrected chi connectivity index (χ2v) is 15.1. The number of amides is 3. The predicted octanol–water partition coefficient (Wildman–Crippen LogP) is 2.60. The molecule has 0 bridgehead atoms. The van der Waals surface area contributed by atoms with Crippen molar-refractivity contribution in [1.29, 1.82) is 0 Å². The molecule has 8 heteroatoms. The van der Waals surface area contributed by atoms with Crippen LogP contribution in [0.5, 0.6) is 0 Å². The maximum atomic E-state index is 13.1. The highest BCUT2D eigenvalue weighted by Gasteiger charge is 2.43. The van der Waals surface area contributed by atoms with Gasteiger partial charge in [0.15, 0.2) is 0 Å². The van der Waals surface area contributed by atoms with Crippen LogP contribution in [0.4, 0.5) is 0 Å². The summed E-state index contributed by atoms with van der Waals surface area (Å²) in [7, 11) is -1.27. The molecule has 32 heavy (non-hydrogen) atoms. The summed E-state index contributed by atoms with van der Waals surface area (Å²) < 4.78 is 5.65. The second kappa shape index (κ2) is 10.4. The summed E-state index contributed by atoms with van der Waals surface area (Å²) >= 11 is 0. The molecule has 1 fully saturated rings. The lowest BCUT2D eigenvalue weighted by atomic mass is 10.0. The first-order chi connectivity index (χ1) is 15.2. The summed E-state index contributed by atoms with van der Waals surface area (Å²) in [5, 5.41) is 8.91. The number of unbranched alkanes of at least 4 members (excludes halogenated alkanes) is 1. The zero-order valence-electron chi connectivity index (χ0n) is 19.1. The van der Waals surface area contributed by atoms with Crippen molar-refractivity contribution in [2.45, 2.75) is 64.0 Å². The molecule has 2 aliphatic heterocycles. The standard InChI is InChI=1S/C24H32N2O5Si/c1-32(2,3)15-14-31-17-26-22(28)12-11-21(24(26)30)25-16-20-18(8-5-4-6-13-27)9-7-10-19(20)23(25)29/h7,9-10,21,27H,4,6,11-17H2,1-3H3. The van der Waals surface area contributed by atoms with Crippen LogP contribution in [0.1, 0.15) is 47.2 Å². The van der Waals surface area contributed by atoms with Crippen LogP contribution in [0, 0.1) is 11.8 Å². The van der Waals surface area contributed by atoms with Crippen molar-refractivity contribution in [3.05, 3.63) is 34.9 Å². The lowest BCUT2D eigenvalue weighted by Gasteiger charge is -2.35. The number of piperidine rings is 1. The summed E-state index contributed by atoms with van der Waals surface area (Å²) in [5.74, 6) is 5.30. The smallest absolute Gasteiger partial charge is 0.255 e. The molecule has 1 aromatic rings. The van der Waals surface area contributed by atoms with Crippen LogP contribution in [0.3, 0.4) is 0 Å². The number of nitrogens with zero attached hydrogens (tertiary/aromatic N) is 2. The molecule has 3 rings (SSSR count). The molecular formula is C24H32N2O5Si. The third-order valence-electron chi connectivity index (χ3n) is 5.76. The van der Waals surface area contributed by atoms with Gasteiger partial charge in [0.25, 0.3) is 11.8 Å². The SMILES string of the molecule is C[Si](C)(C)CCOCN1C(=O)CCC(N2Cc3c(C#CCCCO)cccc3C2=O)C1=O. The molecule has 0 aliphatic carbocycles. The number of likely N-dealkylation sites (tertiary alicyclic amines) is 1. The molecule has 2 heterocycles. The molecule has 0 radical (unpaired) electrons. The Hall–Kier alpha value is -2.47. The van der Waals surface area contributed by atoms with Crippen LogP contribution in [0.15, 0.2) is 18.2 Å². The van der Waals surface area contributed by atoms with E-state index in [-0.39, 0.29) is 37.5 Å². The van der Waals surface area contributed by atoms with E-state index in [9.17, 15) is 14.4 Å². The molecule has 7 nitrogen and oxygen atoms in total. The van der Waals surface area contributed by atoms with Crippen molar-refractivity contribution >= 4 is 25.8 Å². The van der Waals surface area contributed by atoms with E-state index in [0.29, 0.717) is 38.0 Å². The Morgan fingerprint density at radius 3 is 2.72 bits per heavy atom. The third kappa shape index (κ3) is 5.65. The number of hydrogen-bond acceptors (Lipinski definition) is 5. The predicted molar refractivity (Wildman–Crippen MR) is 123 cm³/mol. The number of benzene rings is 1. The Balaban J connectivity index is 1.70. The normalized spacial score (nSPS) is 18.6. The fraction of sp³-hybridized carbons (Fsp3) is 0.542. The van der Waals surface area contributed by atoms with Gasteiger partial charge in [-0.15, -0.1) is 0 Å². The number of carbonyl (C=O) groups excluding carboxylic acids is 3. The first kappa shape index (κ1) is 24.2. The van der Waals surface area contributed by atoms with Crippen molar-refractivity contribution in [2.24, 2.45) is 0 Å². The Bertz CT molecular complexity index is 944. The number of imide groups is 1. The molecule has 1 aromatic carbocycles. The Labute approximate surface area is 190 Å². The van der Waals surface area contributed by atoms with Crippen LogP contribution < -0.4 is 0 Å². The quantitative estimate of drug-likeness (QED) is 0.281. The highest BCUT2D eigenvalue weighted by atomic mass is 28.3. The first-order valence-electron chi connectivity index (χ1n) is 11.2. The summed E-state index contributed by atoms with van der Waals surface area (Å²) in [6.07, 6.45) is 1.71. The Kier molecular flexibility index (Phi) is 7.88. The number of aliphatic hydroxyl groups is 1. The van der Waals surface area contributed by atoms with Gasteiger partial charge < -0.3 is 14.7 Å².